The van der Waals surface area contributed by atoms with E-state index >= 15 is 0 Å². The van der Waals surface area contributed by atoms with Gasteiger partial charge in [0, 0.05) is 0 Å². The highest BCUT2D eigenvalue weighted by atomic mass is 19.4. The fraction of sp³-hybridized carbons (Fsp3) is 0.467. The summed E-state index contributed by atoms with van der Waals surface area (Å²) in [6, 6.07) is 5.24. The minimum atomic E-state index is -4.29. The molecular formula is C15H18F3NO. The first kappa shape index (κ1) is 14.9. The van der Waals surface area contributed by atoms with Gasteiger partial charge in [-0.25, -0.2) is 0 Å². The summed E-state index contributed by atoms with van der Waals surface area (Å²) < 4.78 is 43.1. The van der Waals surface area contributed by atoms with E-state index in [2.05, 4.69) is 5.32 Å². The molecule has 2 nitrogen and oxygen atoms in total. The lowest BCUT2D eigenvalue weighted by atomic mass is 9.94. The Morgan fingerprint density at radius 1 is 1.25 bits per heavy atom. The second-order valence-electron chi connectivity index (χ2n) is 4.78. The molecule has 1 aromatic rings. The van der Waals surface area contributed by atoms with E-state index in [4.69, 9.17) is 4.74 Å². The Kier molecular flexibility index (Phi) is 4.70. The van der Waals surface area contributed by atoms with Crippen LogP contribution in [-0.4, -0.2) is 13.2 Å². The van der Waals surface area contributed by atoms with Gasteiger partial charge in [0.2, 0.25) is 0 Å². The molecule has 1 aliphatic heterocycles. The number of rotatable bonds is 4. The average molecular weight is 285 g/mol. The lowest BCUT2D eigenvalue weighted by molar-refractivity contribution is -0.137. The maximum absolute atomic E-state index is 12.6. The van der Waals surface area contributed by atoms with Crippen LogP contribution in [0.1, 0.15) is 36.9 Å². The highest BCUT2D eigenvalue weighted by molar-refractivity contribution is 5.32. The molecule has 5 heteroatoms. The van der Waals surface area contributed by atoms with E-state index in [0.29, 0.717) is 6.61 Å². The molecule has 0 saturated heterocycles. The number of likely N-dealkylation sites (N-methyl/N-ethyl adjacent to an activating group) is 1. The summed E-state index contributed by atoms with van der Waals surface area (Å²) in [5.74, 6) is 0. The van der Waals surface area contributed by atoms with Crippen LogP contribution >= 0.6 is 0 Å². The lowest BCUT2D eigenvalue weighted by Gasteiger charge is -2.24. The van der Waals surface area contributed by atoms with Gasteiger partial charge in [0.1, 0.15) is 0 Å². The van der Waals surface area contributed by atoms with Crippen molar-refractivity contribution in [2.24, 2.45) is 0 Å². The van der Waals surface area contributed by atoms with Crippen LogP contribution in [0.25, 0.3) is 0 Å². The number of ether oxygens (including phenoxy) is 1. The van der Waals surface area contributed by atoms with Crippen molar-refractivity contribution in [3.8, 4) is 0 Å². The molecule has 0 aromatic heterocycles. The van der Waals surface area contributed by atoms with Gasteiger partial charge in [0.15, 0.2) is 0 Å². The van der Waals surface area contributed by atoms with Crippen LogP contribution in [0.2, 0.25) is 0 Å². The monoisotopic (exact) mass is 285 g/mol. The van der Waals surface area contributed by atoms with Crippen molar-refractivity contribution >= 4 is 0 Å². The van der Waals surface area contributed by atoms with Crippen LogP contribution in [0.5, 0.6) is 0 Å². The summed E-state index contributed by atoms with van der Waals surface area (Å²) in [4.78, 5) is 0. The summed E-state index contributed by atoms with van der Waals surface area (Å²) in [6.07, 6.45) is -0.721. The van der Waals surface area contributed by atoms with Gasteiger partial charge >= 0.3 is 6.18 Å². The summed E-state index contributed by atoms with van der Waals surface area (Å²) >= 11 is 0. The molecule has 1 atom stereocenters. The van der Waals surface area contributed by atoms with Gasteiger partial charge < -0.3 is 10.1 Å². The molecule has 2 rings (SSSR count). The molecule has 0 spiro atoms. The van der Waals surface area contributed by atoms with Crippen molar-refractivity contribution in [1.82, 2.24) is 5.32 Å². The highest BCUT2D eigenvalue weighted by Gasteiger charge is 2.30. The van der Waals surface area contributed by atoms with Crippen LogP contribution < -0.4 is 5.32 Å². The van der Waals surface area contributed by atoms with E-state index in [0.717, 1.165) is 42.7 Å². The second-order valence-corrected chi connectivity index (χ2v) is 4.78. The van der Waals surface area contributed by atoms with Crippen molar-refractivity contribution in [2.45, 2.75) is 32.0 Å². The maximum atomic E-state index is 12.6. The predicted molar refractivity (Wildman–Crippen MR) is 71.1 cm³/mol. The third-order valence-electron chi connectivity index (χ3n) is 3.31. The minimum Gasteiger partial charge on any atom is -0.501 e. The Morgan fingerprint density at radius 2 is 1.95 bits per heavy atom. The number of halogens is 3. The Hall–Kier alpha value is -1.49. The van der Waals surface area contributed by atoms with Gasteiger partial charge in [-0.1, -0.05) is 19.1 Å². The smallest absolute Gasteiger partial charge is 0.416 e. The first-order valence-electron chi connectivity index (χ1n) is 6.73. The topological polar surface area (TPSA) is 21.3 Å². The molecule has 0 amide bonds. The van der Waals surface area contributed by atoms with Gasteiger partial charge in [-0.05, 0) is 42.7 Å². The fourth-order valence-electron chi connectivity index (χ4n) is 2.33. The Bertz CT molecular complexity index is 465. The number of nitrogens with one attached hydrogen (secondary N) is 1. The lowest BCUT2D eigenvalue weighted by Crippen LogP contribution is -2.24. The standard InChI is InChI=1S/C15H18F3NO/c1-2-19-14(12-4-3-9-20-10-12)11-5-7-13(8-6-11)15(16,17)18/h5-8,10,14,19H,2-4,9H2,1H3. The molecule has 1 aromatic carbocycles. The van der Waals surface area contributed by atoms with Gasteiger partial charge in [-0.2, -0.15) is 13.2 Å². The van der Waals surface area contributed by atoms with Gasteiger partial charge in [-0.15, -0.1) is 0 Å². The van der Waals surface area contributed by atoms with Crippen LogP contribution in [0.15, 0.2) is 36.1 Å². The zero-order valence-electron chi connectivity index (χ0n) is 11.3. The number of alkyl halides is 3. The van der Waals surface area contributed by atoms with Crippen LogP contribution in [-0.2, 0) is 10.9 Å². The summed E-state index contributed by atoms with van der Waals surface area (Å²) in [6.45, 7) is 3.42. The second kappa shape index (κ2) is 6.31. The van der Waals surface area contributed by atoms with Crippen molar-refractivity contribution in [1.29, 1.82) is 0 Å². The molecule has 1 heterocycles. The first-order chi connectivity index (χ1) is 9.52. The van der Waals surface area contributed by atoms with Crippen molar-refractivity contribution < 1.29 is 17.9 Å². The first-order valence-corrected chi connectivity index (χ1v) is 6.73. The fourth-order valence-corrected chi connectivity index (χ4v) is 2.33. The van der Waals surface area contributed by atoms with Gasteiger partial charge in [0.05, 0.1) is 24.5 Å². The molecule has 0 radical (unpaired) electrons. The summed E-state index contributed by atoms with van der Waals surface area (Å²) in [7, 11) is 0. The molecule has 0 saturated carbocycles. The molecule has 110 valence electrons. The van der Waals surface area contributed by atoms with E-state index in [1.54, 1.807) is 6.26 Å². The van der Waals surface area contributed by atoms with E-state index in [9.17, 15) is 13.2 Å². The highest BCUT2D eigenvalue weighted by Crippen LogP contribution is 2.32. The number of benzene rings is 1. The average Bonchev–Trinajstić information content (AvgIpc) is 2.45. The molecule has 20 heavy (non-hydrogen) atoms. The molecule has 1 aliphatic rings. The van der Waals surface area contributed by atoms with Crippen molar-refractivity contribution in [3.63, 3.8) is 0 Å². The third kappa shape index (κ3) is 3.54. The van der Waals surface area contributed by atoms with Crippen LogP contribution in [0, 0.1) is 0 Å². The number of hydrogen-bond donors (Lipinski definition) is 1. The molecule has 1 unspecified atom stereocenters. The summed E-state index contributed by atoms with van der Waals surface area (Å²) in [5.41, 5.74) is 1.29. The van der Waals surface area contributed by atoms with E-state index < -0.39 is 11.7 Å². The van der Waals surface area contributed by atoms with E-state index in [1.807, 2.05) is 6.92 Å². The molecule has 1 N–H and O–H groups in total. The van der Waals surface area contributed by atoms with Crippen LogP contribution in [0.4, 0.5) is 13.2 Å². The zero-order valence-corrected chi connectivity index (χ0v) is 11.3. The molecular weight excluding hydrogens is 267 g/mol. The normalized spacial score (nSPS) is 17.3. The Labute approximate surface area is 116 Å². The Balaban J connectivity index is 2.23. The maximum Gasteiger partial charge on any atom is 0.416 e. The van der Waals surface area contributed by atoms with Crippen LogP contribution in [0.3, 0.4) is 0 Å². The third-order valence-corrected chi connectivity index (χ3v) is 3.31. The van der Waals surface area contributed by atoms with E-state index in [1.165, 1.54) is 12.1 Å². The van der Waals surface area contributed by atoms with Crippen molar-refractivity contribution in [3.05, 3.63) is 47.2 Å². The molecule has 0 bridgehead atoms. The van der Waals surface area contributed by atoms with Gasteiger partial charge in [-0.3, -0.25) is 0 Å². The molecule has 0 fully saturated rings. The largest absolute Gasteiger partial charge is 0.501 e. The summed E-state index contributed by atoms with van der Waals surface area (Å²) in [5, 5.41) is 3.30. The predicted octanol–water partition coefficient (Wildman–Crippen LogP) is 4.05. The van der Waals surface area contributed by atoms with Gasteiger partial charge in [0.25, 0.3) is 0 Å². The quantitative estimate of drug-likeness (QED) is 0.901. The SMILES string of the molecule is CCNC(C1=COCCC1)c1ccc(C(F)(F)F)cc1. The number of hydrogen-bond acceptors (Lipinski definition) is 2. The molecule has 0 aliphatic carbocycles. The van der Waals surface area contributed by atoms with E-state index in [-0.39, 0.29) is 6.04 Å². The Morgan fingerprint density at radius 3 is 2.45 bits per heavy atom. The zero-order chi connectivity index (χ0) is 14.6. The minimum absolute atomic E-state index is 0.0809. The van der Waals surface area contributed by atoms with Crippen molar-refractivity contribution in [2.75, 3.05) is 13.2 Å².